The average Bonchev–Trinajstić information content (AvgIpc) is 2.40. The summed E-state index contributed by atoms with van der Waals surface area (Å²) in [5, 5.41) is 3.59. The topological polar surface area (TPSA) is 12.0 Å². The third kappa shape index (κ3) is 3.46. The molecule has 2 aromatic carbocycles. The van der Waals surface area contributed by atoms with Gasteiger partial charge in [0.1, 0.15) is 0 Å². The highest BCUT2D eigenvalue weighted by molar-refractivity contribution is 9.10. The van der Waals surface area contributed by atoms with Crippen molar-refractivity contribution in [2.24, 2.45) is 0 Å². The molecule has 0 saturated carbocycles. The number of hydrogen-bond acceptors (Lipinski definition) is 1. The molecule has 2 heteroatoms. The predicted octanol–water partition coefficient (Wildman–Crippen LogP) is 4.92. The van der Waals surface area contributed by atoms with Gasteiger partial charge in [-0.2, -0.15) is 0 Å². The van der Waals surface area contributed by atoms with Crippen LogP contribution in [0.4, 0.5) is 0 Å². The third-order valence-corrected chi connectivity index (χ3v) is 4.41. The lowest BCUT2D eigenvalue weighted by Gasteiger charge is -2.17. The minimum Gasteiger partial charge on any atom is -0.306 e. The van der Waals surface area contributed by atoms with Crippen LogP contribution in [0.2, 0.25) is 0 Å². The van der Waals surface area contributed by atoms with Crippen LogP contribution in [0.15, 0.2) is 46.9 Å². The van der Waals surface area contributed by atoms with Gasteiger partial charge in [-0.25, -0.2) is 0 Å². The molecule has 0 heterocycles. The van der Waals surface area contributed by atoms with Crippen LogP contribution in [0.5, 0.6) is 0 Å². The van der Waals surface area contributed by atoms with Crippen LogP contribution in [-0.4, -0.2) is 0 Å². The molecular formula is C17H20BrN. The summed E-state index contributed by atoms with van der Waals surface area (Å²) >= 11 is 3.61. The molecule has 0 unspecified atom stereocenters. The molecule has 2 aromatic rings. The SMILES string of the molecule is Cc1cccc(CN[C@@H](C)c2ccccc2Br)c1C. The number of nitrogens with one attached hydrogen (secondary N) is 1. The van der Waals surface area contributed by atoms with Gasteiger partial charge < -0.3 is 5.32 Å². The molecule has 1 N–H and O–H groups in total. The Morgan fingerprint density at radius 2 is 1.79 bits per heavy atom. The lowest BCUT2D eigenvalue weighted by molar-refractivity contribution is 0.571. The molecule has 0 aromatic heterocycles. The maximum absolute atomic E-state index is 3.61. The Balaban J connectivity index is 2.07. The number of rotatable bonds is 4. The molecule has 0 radical (unpaired) electrons. The van der Waals surface area contributed by atoms with Crippen molar-refractivity contribution in [2.75, 3.05) is 0 Å². The molecule has 100 valence electrons. The second-order valence-corrected chi connectivity index (χ2v) is 5.84. The number of benzene rings is 2. The monoisotopic (exact) mass is 317 g/mol. The predicted molar refractivity (Wildman–Crippen MR) is 85.3 cm³/mol. The first-order chi connectivity index (χ1) is 9.09. The van der Waals surface area contributed by atoms with Gasteiger partial charge >= 0.3 is 0 Å². The normalized spacial score (nSPS) is 12.4. The summed E-state index contributed by atoms with van der Waals surface area (Å²) in [5.74, 6) is 0. The van der Waals surface area contributed by atoms with E-state index in [9.17, 15) is 0 Å². The molecule has 19 heavy (non-hydrogen) atoms. The maximum Gasteiger partial charge on any atom is 0.0306 e. The Morgan fingerprint density at radius 3 is 2.53 bits per heavy atom. The van der Waals surface area contributed by atoms with Crippen LogP contribution >= 0.6 is 15.9 Å². The highest BCUT2D eigenvalue weighted by Gasteiger charge is 2.09. The van der Waals surface area contributed by atoms with E-state index < -0.39 is 0 Å². The van der Waals surface area contributed by atoms with Gasteiger partial charge in [-0.1, -0.05) is 52.3 Å². The quantitative estimate of drug-likeness (QED) is 0.844. The van der Waals surface area contributed by atoms with E-state index in [1.54, 1.807) is 0 Å². The van der Waals surface area contributed by atoms with Crippen molar-refractivity contribution < 1.29 is 0 Å². The second-order valence-electron chi connectivity index (χ2n) is 4.98. The number of halogens is 1. The molecule has 0 fully saturated rings. The third-order valence-electron chi connectivity index (χ3n) is 3.69. The van der Waals surface area contributed by atoms with E-state index in [1.807, 2.05) is 6.07 Å². The van der Waals surface area contributed by atoms with Crippen molar-refractivity contribution in [1.82, 2.24) is 5.32 Å². The molecule has 0 spiro atoms. The largest absolute Gasteiger partial charge is 0.306 e. The van der Waals surface area contributed by atoms with Gasteiger partial charge in [-0.15, -0.1) is 0 Å². The van der Waals surface area contributed by atoms with Gasteiger partial charge in [0, 0.05) is 17.1 Å². The van der Waals surface area contributed by atoms with Crippen LogP contribution in [-0.2, 0) is 6.54 Å². The van der Waals surface area contributed by atoms with E-state index in [0.29, 0.717) is 6.04 Å². The van der Waals surface area contributed by atoms with Crippen molar-refractivity contribution in [1.29, 1.82) is 0 Å². The lowest BCUT2D eigenvalue weighted by atomic mass is 10.0. The highest BCUT2D eigenvalue weighted by Crippen LogP contribution is 2.23. The van der Waals surface area contributed by atoms with Gasteiger partial charge in [0.05, 0.1) is 0 Å². The summed E-state index contributed by atoms with van der Waals surface area (Å²) in [5.41, 5.74) is 5.41. The molecule has 0 saturated heterocycles. The molecule has 0 aliphatic heterocycles. The minimum atomic E-state index is 0.329. The Hall–Kier alpha value is -1.12. The van der Waals surface area contributed by atoms with Gasteiger partial charge in [-0.3, -0.25) is 0 Å². The van der Waals surface area contributed by atoms with Gasteiger partial charge in [0.15, 0.2) is 0 Å². The molecule has 1 atom stereocenters. The fraction of sp³-hybridized carbons (Fsp3) is 0.294. The van der Waals surface area contributed by atoms with E-state index >= 15 is 0 Å². The maximum atomic E-state index is 3.61. The zero-order valence-electron chi connectivity index (χ0n) is 11.7. The van der Waals surface area contributed by atoms with Crippen LogP contribution in [0.25, 0.3) is 0 Å². The van der Waals surface area contributed by atoms with Gasteiger partial charge in [-0.05, 0) is 49.1 Å². The zero-order chi connectivity index (χ0) is 13.8. The lowest BCUT2D eigenvalue weighted by Crippen LogP contribution is -2.19. The standard InChI is InChI=1S/C17H20BrN/c1-12-7-6-8-15(13(12)2)11-19-14(3)16-9-4-5-10-17(16)18/h4-10,14,19H,11H2,1-3H3/t14-/m0/s1. The Kier molecular flexibility index (Phi) is 4.78. The fourth-order valence-corrected chi connectivity index (χ4v) is 2.83. The van der Waals surface area contributed by atoms with E-state index in [0.717, 1.165) is 11.0 Å². The first-order valence-electron chi connectivity index (χ1n) is 6.62. The molecule has 0 aliphatic carbocycles. The van der Waals surface area contributed by atoms with E-state index in [2.05, 4.69) is 78.4 Å². The Bertz CT molecular complexity index is 563. The Morgan fingerprint density at radius 1 is 1.05 bits per heavy atom. The summed E-state index contributed by atoms with van der Waals surface area (Å²) in [6, 6.07) is 15.2. The summed E-state index contributed by atoms with van der Waals surface area (Å²) in [4.78, 5) is 0. The summed E-state index contributed by atoms with van der Waals surface area (Å²) in [7, 11) is 0. The molecule has 1 nitrogen and oxygen atoms in total. The first kappa shape index (κ1) is 14.3. The van der Waals surface area contributed by atoms with Gasteiger partial charge in [0.2, 0.25) is 0 Å². The highest BCUT2D eigenvalue weighted by atomic mass is 79.9. The molecule has 0 amide bonds. The van der Waals surface area contributed by atoms with Crippen molar-refractivity contribution in [3.8, 4) is 0 Å². The smallest absolute Gasteiger partial charge is 0.0306 e. The molecule has 0 bridgehead atoms. The average molecular weight is 318 g/mol. The summed E-state index contributed by atoms with van der Waals surface area (Å²) < 4.78 is 1.16. The van der Waals surface area contributed by atoms with E-state index in [-0.39, 0.29) is 0 Å². The molecule has 0 aliphatic rings. The number of aryl methyl sites for hydroxylation is 1. The zero-order valence-corrected chi connectivity index (χ0v) is 13.3. The minimum absolute atomic E-state index is 0.329. The van der Waals surface area contributed by atoms with Crippen molar-refractivity contribution >= 4 is 15.9 Å². The summed E-state index contributed by atoms with van der Waals surface area (Å²) in [6.07, 6.45) is 0. The fourth-order valence-electron chi connectivity index (χ4n) is 2.20. The van der Waals surface area contributed by atoms with Crippen LogP contribution in [0, 0.1) is 13.8 Å². The van der Waals surface area contributed by atoms with Crippen LogP contribution < -0.4 is 5.32 Å². The first-order valence-corrected chi connectivity index (χ1v) is 7.42. The van der Waals surface area contributed by atoms with Crippen molar-refractivity contribution in [3.05, 3.63) is 69.2 Å². The summed E-state index contributed by atoms with van der Waals surface area (Å²) in [6.45, 7) is 7.45. The number of hydrogen-bond donors (Lipinski definition) is 1. The molecular weight excluding hydrogens is 298 g/mol. The van der Waals surface area contributed by atoms with E-state index in [1.165, 1.54) is 22.3 Å². The molecule has 2 rings (SSSR count). The van der Waals surface area contributed by atoms with Crippen molar-refractivity contribution in [3.63, 3.8) is 0 Å². The van der Waals surface area contributed by atoms with Crippen LogP contribution in [0.1, 0.15) is 35.2 Å². The van der Waals surface area contributed by atoms with E-state index in [4.69, 9.17) is 0 Å². The second kappa shape index (κ2) is 6.36. The van der Waals surface area contributed by atoms with Crippen LogP contribution in [0.3, 0.4) is 0 Å². The van der Waals surface area contributed by atoms with Crippen molar-refractivity contribution in [2.45, 2.75) is 33.4 Å². The van der Waals surface area contributed by atoms with Gasteiger partial charge in [0.25, 0.3) is 0 Å². The Labute approximate surface area is 124 Å².